The van der Waals surface area contributed by atoms with Gasteiger partial charge in [0.2, 0.25) is 5.91 Å². The monoisotopic (exact) mass is 239 g/mol. The van der Waals surface area contributed by atoms with Gasteiger partial charge in [-0.25, -0.2) is 0 Å². The molecule has 0 aromatic carbocycles. The van der Waals surface area contributed by atoms with Crippen molar-refractivity contribution in [3.05, 3.63) is 0 Å². The van der Waals surface area contributed by atoms with Crippen molar-refractivity contribution in [3.63, 3.8) is 0 Å². The molecule has 0 saturated heterocycles. The highest BCUT2D eigenvalue weighted by molar-refractivity contribution is 5.76. The van der Waals surface area contributed by atoms with Gasteiger partial charge in [-0.1, -0.05) is 0 Å². The third kappa shape index (κ3) is 3.96. The van der Waals surface area contributed by atoms with Gasteiger partial charge in [-0.2, -0.15) is 0 Å². The maximum Gasteiger partial charge on any atom is 0.221 e. The molecule has 0 aromatic rings. The van der Waals surface area contributed by atoms with Crippen LogP contribution in [0, 0.1) is 5.92 Å². The van der Waals surface area contributed by atoms with Gasteiger partial charge in [-0.05, 0) is 45.6 Å². The third-order valence-corrected chi connectivity index (χ3v) is 4.06. The fourth-order valence-corrected chi connectivity index (χ4v) is 2.22. The van der Waals surface area contributed by atoms with Crippen LogP contribution in [0.5, 0.6) is 0 Å². The lowest BCUT2D eigenvalue weighted by Gasteiger charge is -2.24. The van der Waals surface area contributed by atoms with Crippen LogP contribution in [0.25, 0.3) is 0 Å². The van der Waals surface area contributed by atoms with Crippen LogP contribution in [-0.4, -0.2) is 42.5 Å². The Morgan fingerprint density at radius 1 is 1.41 bits per heavy atom. The van der Waals surface area contributed by atoms with Crippen LogP contribution in [0.15, 0.2) is 0 Å². The second-order valence-electron chi connectivity index (χ2n) is 5.76. The van der Waals surface area contributed by atoms with E-state index in [4.69, 9.17) is 5.73 Å². The average Bonchev–Trinajstić information content (AvgIpc) is 3.17. The van der Waals surface area contributed by atoms with E-state index in [1.54, 1.807) is 0 Å². The van der Waals surface area contributed by atoms with Gasteiger partial charge in [-0.3, -0.25) is 9.69 Å². The quantitative estimate of drug-likeness (QED) is 0.688. The normalized spacial score (nSPS) is 23.5. The molecule has 98 valence electrons. The number of likely N-dealkylation sites (N-methyl/N-ethyl adjacent to an activating group) is 1. The fourth-order valence-electron chi connectivity index (χ4n) is 2.22. The van der Waals surface area contributed by atoms with Crippen LogP contribution in [0.1, 0.15) is 39.0 Å². The van der Waals surface area contributed by atoms with Crippen LogP contribution in [0.4, 0.5) is 0 Å². The molecule has 2 saturated carbocycles. The van der Waals surface area contributed by atoms with E-state index in [1.165, 1.54) is 25.7 Å². The lowest BCUT2D eigenvalue weighted by atomic mass is 10.1. The molecule has 0 aliphatic heterocycles. The number of carbonyl (C=O) groups is 1. The molecule has 0 spiro atoms. The molecule has 4 nitrogen and oxygen atoms in total. The zero-order chi connectivity index (χ0) is 12.4. The summed E-state index contributed by atoms with van der Waals surface area (Å²) in [5.74, 6) is 0.716. The molecule has 4 heteroatoms. The summed E-state index contributed by atoms with van der Waals surface area (Å²) in [7, 11) is 2.14. The van der Waals surface area contributed by atoms with Crippen molar-refractivity contribution in [3.8, 4) is 0 Å². The van der Waals surface area contributed by atoms with Crippen molar-refractivity contribution in [2.75, 3.05) is 13.6 Å². The second kappa shape index (κ2) is 5.36. The molecule has 2 atom stereocenters. The fraction of sp³-hybridized carbons (Fsp3) is 0.923. The molecule has 2 unspecified atom stereocenters. The van der Waals surface area contributed by atoms with Crippen LogP contribution < -0.4 is 11.1 Å². The summed E-state index contributed by atoms with van der Waals surface area (Å²) in [6, 6.07) is 1.24. The first-order valence-corrected chi connectivity index (χ1v) is 6.82. The molecule has 17 heavy (non-hydrogen) atoms. The van der Waals surface area contributed by atoms with Crippen molar-refractivity contribution >= 4 is 5.91 Å². The van der Waals surface area contributed by atoms with Gasteiger partial charge in [0.15, 0.2) is 0 Å². The van der Waals surface area contributed by atoms with Crippen molar-refractivity contribution in [2.45, 2.75) is 57.2 Å². The molecular formula is C13H25N3O. The van der Waals surface area contributed by atoms with Crippen molar-refractivity contribution in [1.82, 2.24) is 10.2 Å². The van der Waals surface area contributed by atoms with Crippen LogP contribution in [0.2, 0.25) is 0 Å². The van der Waals surface area contributed by atoms with E-state index in [0.29, 0.717) is 18.4 Å². The van der Waals surface area contributed by atoms with Crippen molar-refractivity contribution in [2.24, 2.45) is 11.7 Å². The zero-order valence-electron chi connectivity index (χ0n) is 11.0. The van der Waals surface area contributed by atoms with E-state index in [1.807, 2.05) is 0 Å². The number of nitrogens with one attached hydrogen (secondary N) is 1. The molecule has 2 fully saturated rings. The first kappa shape index (κ1) is 12.8. The largest absolute Gasteiger partial charge is 0.354 e. The minimum atomic E-state index is 0.0754. The van der Waals surface area contributed by atoms with Gasteiger partial charge in [0, 0.05) is 31.1 Å². The number of nitrogens with two attached hydrogens (primary N) is 1. The van der Waals surface area contributed by atoms with Gasteiger partial charge in [0.25, 0.3) is 0 Å². The Hall–Kier alpha value is -0.610. The summed E-state index contributed by atoms with van der Waals surface area (Å²) in [5.41, 5.74) is 5.93. The lowest BCUT2D eigenvalue weighted by molar-refractivity contribution is -0.121. The molecule has 1 amide bonds. The van der Waals surface area contributed by atoms with Crippen LogP contribution >= 0.6 is 0 Å². The van der Waals surface area contributed by atoms with E-state index in [9.17, 15) is 4.79 Å². The molecule has 2 rings (SSSR count). The molecule has 0 aromatic heterocycles. The van der Waals surface area contributed by atoms with E-state index in [0.717, 1.165) is 12.6 Å². The Morgan fingerprint density at radius 3 is 2.59 bits per heavy atom. The Bertz CT molecular complexity index is 274. The van der Waals surface area contributed by atoms with Gasteiger partial charge in [0.1, 0.15) is 0 Å². The van der Waals surface area contributed by atoms with E-state index < -0.39 is 0 Å². The zero-order valence-corrected chi connectivity index (χ0v) is 11.0. The van der Waals surface area contributed by atoms with E-state index >= 15 is 0 Å². The Labute approximate surface area is 104 Å². The van der Waals surface area contributed by atoms with Gasteiger partial charge < -0.3 is 11.1 Å². The first-order chi connectivity index (χ1) is 8.08. The van der Waals surface area contributed by atoms with E-state index in [2.05, 4.69) is 24.2 Å². The average molecular weight is 239 g/mol. The highest BCUT2D eigenvalue weighted by Gasteiger charge is 2.31. The SMILES string of the molecule is CC(CNC(=O)CC(N)C1CC1)N(C)C1CC1. The number of rotatable bonds is 7. The first-order valence-electron chi connectivity index (χ1n) is 6.82. The van der Waals surface area contributed by atoms with Gasteiger partial charge in [0.05, 0.1) is 0 Å². The molecule has 0 bridgehead atoms. The lowest BCUT2D eigenvalue weighted by Crippen LogP contribution is -2.42. The number of amides is 1. The summed E-state index contributed by atoms with van der Waals surface area (Å²) in [5, 5.41) is 3.00. The predicted molar refractivity (Wildman–Crippen MR) is 68.6 cm³/mol. The number of carbonyl (C=O) groups excluding carboxylic acids is 1. The van der Waals surface area contributed by atoms with Crippen molar-refractivity contribution in [1.29, 1.82) is 0 Å². The third-order valence-electron chi connectivity index (χ3n) is 4.06. The summed E-state index contributed by atoms with van der Waals surface area (Å²) < 4.78 is 0. The summed E-state index contributed by atoms with van der Waals surface area (Å²) in [4.78, 5) is 14.1. The number of hydrogen-bond acceptors (Lipinski definition) is 3. The summed E-state index contributed by atoms with van der Waals surface area (Å²) in [6.45, 7) is 2.91. The smallest absolute Gasteiger partial charge is 0.221 e. The van der Waals surface area contributed by atoms with Crippen LogP contribution in [-0.2, 0) is 4.79 Å². The molecule has 2 aliphatic rings. The maximum atomic E-state index is 11.7. The maximum absolute atomic E-state index is 11.7. The molecule has 0 radical (unpaired) electrons. The van der Waals surface area contributed by atoms with Gasteiger partial charge in [-0.15, -0.1) is 0 Å². The minimum absolute atomic E-state index is 0.0754. The molecular weight excluding hydrogens is 214 g/mol. The topological polar surface area (TPSA) is 58.4 Å². The Kier molecular flexibility index (Phi) is 4.05. The van der Waals surface area contributed by atoms with Gasteiger partial charge >= 0.3 is 0 Å². The highest BCUT2D eigenvalue weighted by Crippen LogP contribution is 2.32. The minimum Gasteiger partial charge on any atom is -0.354 e. The van der Waals surface area contributed by atoms with Crippen LogP contribution in [0.3, 0.4) is 0 Å². The molecule has 2 aliphatic carbocycles. The summed E-state index contributed by atoms with van der Waals surface area (Å²) >= 11 is 0. The van der Waals surface area contributed by atoms with E-state index in [-0.39, 0.29) is 11.9 Å². The molecule has 3 N–H and O–H groups in total. The van der Waals surface area contributed by atoms with Crippen molar-refractivity contribution < 1.29 is 4.79 Å². The highest BCUT2D eigenvalue weighted by atomic mass is 16.1. The Balaban J connectivity index is 1.61. The number of nitrogens with zero attached hydrogens (tertiary/aromatic N) is 1. The number of hydrogen-bond donors (Lipinski definition) is 2. The summed E-state index contributed by atoms with van der Waals surface area (Å²) in [6.07, 6.45) is 5.51. The standard InChI is InChI=1S/C13H25N3O/c1-9(16(2)11-5-6-11)8-15-13(17)7-12(14)10-3-4-10/h9-12H,3-8,14H2,1-2H3,(H,15,17). The second-order valence-corrected chi connectivity index (χ2v) is 5.76. The molecule has 0 heterocycles. The predicted octanol–water partition coefficient (Wildman–Crippen LogP) is 0.713. The Morgan fingerprint density at radius 2 is 2.06 bits per heavy atom.